The summed E-state index contributed by atoms with van der Waals surface area (Å²) >= 11 is 16.8. The Bertz CT molecular complexity index is 551. The van der Waals surface area contributed by atoms with Crippen molar-refractivity contribution in [3.8, 4) is 0 Å². The van der Waals surface area contributed by atoms with Crippen LogP contribution in [0, 0.1) is 5.82 Å². The fraction of sp³-hybridized carbons (Fsp3) is 0.455. The van der Waals surface area contributed by atoms with E-state index in [0.29, 0.717) is 18.7 Å². The van der Waals surface area contributed by atoms with Gasteiger partial charge in [0, 0.05) is 11.9 Å². The molecule has 0 fully saturated rings. The van der Waals surface area contributed by atoms with Crippen molar-refractivity contribution in [2.45, 2.75) is 30.7 Å². The van der Waals surface area contributed by atoms with Gasteiger partial charge in [-0.3, -0.25) is 0 Å². The lowest BCUT2D eigenvalue weighted by Crippen LogP contribution is -2.34. The average molecular weight is 349 g/mol. The van der Waals surface area contributed by atoms with E-state index >= 15 is 0 Å². The van der Waals surface area contributed by atoms with E-state index in [-0.39, 0.29) is 16.0 Å². The van der Waals surface area contributed by atoms with Gasteiger partial charge in [-0.1, -0.05) is 30.1 Å². The monoisotopic (exact) mass is 347 g/mol. The van der Waals surface area contributed by atoms with Gasteiger partial charge in [0.05, 0.1) is 10.0 Å². The molecule has 0 aromatic heterocycles. The molecule has 1 atom stereocenters. The molecule has 108 valence electrons. The Balaban J connectivity index is 3.10. The molecule has 0 amide bonds. The zero-order chi connectivity index (χ0) is 14.6. The Morgan fingerprint density at radius 2 is 2.00 bits per heavy atom. The molecule has 0 heterocycles. The fourth-order valence-electron chi connectivity index (χ4n) is 1.48. The lowest BCUT2D eigenvalue weighted by molar-refractivity contribution is 0.530. The van der Waals surface area contributed by atoms with E-state index in [0.717, 1.165) is 6.07 Å². The van der Waals surface area contributed by atoms with Crippen molar-refractivity contribution in [2.75, 3.05) is 5.88 Å². The van der Waals surface area contributed by atoms with Gasteiger partial charge in [0.25, 0.3) is 0 Å². The maximum Gasteiger partial charge on any atom is 0.242 e. The van der Waals surface area contributed by atoms with Gasteiger partial charge in [-0.2, -0.15) is 0 Å². The molecular weight excluding hydrogens is 336 g/mol. The molecule has 0 spiro atoms. The molecule has 0 aliphatic rings. The van der Waals surface area contributed by atoms with Crippen LogP contribution in [0.1, 0.15) is 19.8 Å². The first-order chi connectivity index (χ1) is 8.83. The summed E-state index contributed by atoms with van der Waals surface area (Å²) < 4.78 is 40.2. The molecule has 1 aromatic carbocycles. The number of hydrogen-bond donors (Lipinski definition) is 1. The molecule has 1 rings (SSSR count). The van der Waals surface area contributed by atoms with E-state index < -0.39 is 20.9 Å². The van der Waals surface area contributed by atoms with E-state index in [1.165, 1.54) is 6.07 Å². The maximum atomic E-state index is 13.5. The molecule has 0 bridgehead atoms. The molecule has 1 aromatic rings. The predicted octanol–water partition coefficient (Wildman–Crippen LogP) is 3.82. The molecular formula is C11H13Cl3FNO2S. The van der Waals surface area contributed by atoms with Crippen molar-refractivity contribution in [1.82, 2.24) is 4.72 Å². The summed E-state index contributed by atoms with van der Waals surface area (Å²) in [6, 6.07) is 2.00. The summed E-state index contributed by atoms with van der Waals surface area (Å²) in [5.41, 5.74) is 0. The van der Waals surface area contributed by atoms with E-state index in [1.807, 2.05) is 6.92 Å². The van der Waals surface area contributed by atoms with Crippen molar-refractivity contribution in [1.29, 1.82) is 0 Å². The molecule has 0 radical (unpaired) electrons. The van der Waals surface area contributed by atoms with Crippen molar-refractivity contribution in [3.63, 3.8) is 0 Å². The highest BCUT2D eigenvalue weighted by Gasteiger charge is 2.24. The topological polar surface area (TPSA) is 46.2 Å². The van der Waals surface area contributed by atoms with Crippen LogP contribution in [0.4, 0.5) is 4.39 Å². The summed E-state index contributed by atoms with van der Waals surface area (Å²) in [6.45, 7) is 1.82. The Morgan fingerprint density at radius 1 is 1.37 bits per heavy atom. The van der Waals surface area contributed by atoms with Crippen molar-refractivity contribution < 1.29 is 12.8 Å². The second-order valence-corrected chi connectivity index (χ2v) is 6.72. The Hall–Kier alpha value is -0.0700. The Kier molecular flexibility index (Phi) is 6.33. The first-order valence-electron chi connectivity index (χ1n) is 5.55. The first-order valence-corrected chi connectivity index (χ1v) is 8.32. The highest BCUT2D eigenvalue weighted by atomic mass is 35.5. The van der Waals surface area contributed by atoms with E-state index in [4.69, 9.17) is 34.8 Å². The molecule has 1 N–H and O–H groups in total. The van der Waals surface area contributed by atoms with Gasteiger partial charge in [0.15, 0.2) is 5.82 Å². The number of halogens is 4. The first kappa shape index (κ1) is 17.0. The van der Waals surface area contributed by atoms with Crippen molar-refractivity contribution in [2.24, 2.45) is 0 Å². The second-order valence-electron chi connectivity index (χ2n) is 3.88. The highest BCUT2D eigenvalue weighted by Crippen LogP contribution is 2.29. The molecule has 0 saturated carbocycles. The third-order valence-electron chi connectivity index (χ3n) is 2.56. The zero-order valence-electron chi connectivity index (χ0n) is 10.1. The minimum absolute atomic E-state index is 0.225. The highest BCUT2D eigenvalue weighted by molar-refractivity contribution is 7.89. The van der Waals surface area contributed by atoms with Gasteiger partial charge < -0.3 is 0 Å². The van der Waals surface area contributed by atoms with Gasteiger partial charge in [-0.15, -0.1) is 11.6 Å². The van der Waals surface area contributed by atoms with Gasteiger partial charge in [0.2, 0.25) is 10.0 Å². The lowest BCUT2D eigenvalue weighted by atomic mass is 10.2. The standard InChI is InChI=1S/C11H13Cl3FNO2S/c1-2-7(5-6-12)16-19(17,18)9-4-3-8(13)11(15)10(9)14/h3-4,7,16H,2,5-6H2,1H3. The van der Waals surface area contributed by atoms with Crippen LogP contribution in [0.15, 0.2) is 17.0 Å². The van der Waals surface area contributed by atoms with Crippen LogP contribution in [-0.4, -0.2) is 20.3 Å². The summed E-state index contributed by atoms with van der Waals surface area (Å²) in [5.74, 6) is -0.624. The van der Waals surface area contributed by atoms with Gasteiger partial charge in [0.1, 0.15) is 4.90 Å². The third kappa shape index (κ3) is 4.20. The molecule has 1 unspecified atom stereocenters. The van der Waals surface area contributed by atoms with Crippen LogP contribution in [0.3, 0.4) is 0 Å². The molecule has 19 heavy (non-hydrogen) atoms. The number of rotatable bonds is 6. The summed E-state index contributed by atoms with van der Waals surface area (Å²) in [7, 11) is -3.90. The number of benzene rings is 1. The number of nitrogens with one attached hydrogen (secondary N) is 1. The minimum Gasteiger partial charge on any atom is -0.208 e. The van der Waals surface area contributed by atoms with Crippen LogP contribution in [0.25, 0.3) is 0 Å². The normalized spacial score (nSPS) is 13.5. The largest absolute Gasteiger partial charge is 0.242 e. The van der Waals surface area contributed by atoms with Crippen LogP contribution in [0.2, 0.25) is 10.0 Å². The Morgan fingerprint density at radius 3 is 2.53 bits per heavy atom. The molecule has 0 saturated heterocycles. The lowest BCUT2D eigenvalue weighted by Gasteiger charge is -2.16. The summed E-state index contributed by atoms with van der Waals surface area (Å²) in [4.78, 5) is -0.330. The second kappa shape index (κ2) is 7.09. The van der Waals surface area contributed by atoms with Gasteiger partial charge in [-0.25, -0.2) is 17.5 Å². The summed E-state index contributed by atoms with van der Waals surface area (Å²) in [5, 5.41) is -0.738. The van der Waals surface area contributed by atoms with Crippen LogP contribution in [-0.2, 0) is 10.0 Å². The molecule has 8 heteroatoms. The third-order valence-corrected chi connectivity index (χ3v) is 5.12. The number of hydrogen-bond acceptors (Lipinski definition) is 2. The quantitative estimate of drug-likeness (QED) is 0.627. The molecule has 3 nitrogen and oxygen atoms in total. The van der Waals surface area contributed by atoms with Crippen LogP contribution < -0.4 is 4.72 Å². The maximum absolute atomic E-state index is 13.5. The molecule has 0 aliphatic heterocycles. The van der Waals surface area contributed by atoms with E-state index in [2.05, 4.69) is 4.72 Å². The summed E-state index contributed by atoms with van der Waals surface area (Å²) in [6.07, 6.45) is 1.05. The van der Waals surface area contributed by atoms with Crippen molar-refractivity contribution in [3.05, 3.63) is 28.0 Å². The molecule has 0 aliphatic carbocycles. The van der Waals surface area contributed by atoms with Crippen LogP contribution >= 0.6 is 34.8 Å². The Labute approximate surface area is 127 Å². The average Bonchev–Trinajstić information content (AvgIpc) is 2.34. The van der Waals surface area contributed by atoms with Gasteiger partial charge >= 0.3 is 0 Å². The fourth-order valence-corrected chi connectivity index (χ4v) is 3.84. The van der Waals surface area contributed by atoms with Crippen molar-refractivity contribution >= 4 is 44.8 Å². The van der Waals surface area contributed by atoms with E-state index in [1.54, 1.807) is 0 Å². The predicted molar refractivity (Wildman–Crippen MR) is 76.2 cm³/mol. The van der Waals surface area contributed by atoms with Crippen LogP contribution in [0.5, 0.6) is 0 Å². The SMILES string of the molecule is CCC(CCCl)NS(=O)(=O)c1ccc(Cl)c(F)c1Cl. The van der Waals surface area contributed by atoms with Gasteiger partial charge in [-0.05, 0) is 25.0 Å². The minimum atomic E-state index is -3.90. The number of sulfonamides is 1. The smallest absolute Gasteiger partial charge is 0.208 e. The zero-order valence-corrected chi connectivity index (χ0v) is 13.2. The van der Waals surface area contributed by atoms with E-state index in [9.17, 15) is 12.8 Å². The number of alkyl halides is 1.